The maximum atomic E-state index is 9.09. The van der Waals surface area contributed by atoms with Crippen molar-refractivity contribution in [1.29, 1.82) is 0 Å². The first kappa shape index (κ1) is 17.3. The van der Waals surface area contributed by atoms with Crippen molar-refractivity contribution in [2.24, 2.45) is 5.92 Å². The van der Waals surface area contributed by atoms with E-state index >= 15 is 0 Å². The van der Waals surface area contributed by atoms with E-state index in [1.807, 2.05) is 12.1 Å². The number of methoxy groups -OCH3 is 1. The SMILES string of the molecule is COc1ccc(C2CC2COc2nc(C)ncc2-c2noc(CO)n2)nc1. The van der Waals surface area contributed by atoms with Crippen LogP contribution < -0.4 is 9.47 Å². The molecule has 1 aliphatic carbocycles. The molecule has 9 nitrogen and oxygen atoms in total. The molecule has 1 aliphatic rings. The Kier molecular flexibility index (Phi) is 4.68. The zero-order chi connectivity index (χ0) is 18.8. The van der Waals surface area contributed by atoms with Gasteiger partial charge in [-0.25, -0.2) is 4.98 Å². The Morgan fingerprint density at radius 1 is 1.22 bits per heavy atom. The van der Waals surface area contributed by atoms with Gasteiger partial charge in [-0.1, -0.05) is 5.16 Å². The van der Waals surface area contributed by atoms with Crippen LogP contribution in [0.2, 0.25) is 0 Å². The first-order chi connectivity index (χ1) is 13.2. The minimum atomic E-state index is -0.325. The average Bonchev–Trinajstić information content (AvgIpc) is 3.32. The molecule has 0 bridgehead atoms. The predicted octanol–water partition coefficient (Wildman–Crippen LogP) is 1.91. The van der Waals surface area contributed by atoms with Crippen LogP contribution in [0, 0.1) is 12.8 Å². The molecule has 140 valence electrons. The predicted molar refractivity (Wildman–Crippen MR) is 93.1 cm³/mol. The van der Waals surface area contributed by atoms with Gasteiger partial charge >= 0.3 is 0 Å². The van der Waals surface area contributed by atoms with Crippen LogP contribution in [0.3, 0.4) is 0 Å². The monoisotopic (exact) mass is 369 g/mol. The first-order valence-electron chi connectivity index (χ1n) is 8.58. The molecule has 27 heavy (non-hydrogen) atoms. The molecule has 0 aromatic carbocycles. The van der Waals surface area contributed by atoms with E-state index in [0.29, 0.717) is 41.5 Å². The molecule has 3 aromatic heterocycles. The van der Waals surface area contributed by atoms with E-state index in [1.54, 1.807) is 26.4 Å². The summed E-state index contributed by atoms with van der Waals surface area (Å²) in [5.74, 6) is 2.89. The van der Waals surface area contributed by atoms with Crippen LogP contribution >= 0.6 is 0 Å². The topological polar surface area (TPSA) is 116 Å². The van der Waals surface area contributed by atoms with Crippen molar-refractivity contribution in [3.05, 3.63) is 41.9 Å². The molecule has 1 saturated carbocycles. The van der Waals surface area contributed by atoms with Crippen molar-refractivity contribution in [3.63, 3.8) is 0 Å². The number of aryl methyl sites for hydroxylation is 1. The summed E-state index contributed by atoms with van der Waals surface area (Å²) in [5, 5.41) is 12.9. The summed E-state index contributed by atoms with van der Waals surface area (Å²) >= 11 is 0. The summed E-state index contributed by atoms with van der Waals surface area (Å²) in [5.41, 5.74) is 1.57. The Bertz CT molecular complexity index is 928. The van der Waals surface area contributed by atoms with E-state index in [-0.39, 0.29) is 12.5 Å². The smallest absolute Gasteiger partial charge is 0.252 e. The number of rotatable bonds is 7. The molecule has 9 heteroatoms. The number of hydrogen-bond acceptors (Lipinski definition) is 9. The largest absolute Gasteiger partial charge is 0.495 e. The van der Waals surface area contributed by atoms with Gasteiger partial charge in [0.15, 0.2) is 0 Å². The molecular formula is C18H19N5O4. The lowest BCUT2D eigenvalue weighted by molar-refractivity contribution is 0.222. The van der Waals surface area contributed by atoms with Crippen molar-refractivity contribution < 1.29 is 19.1 Å². The van der Waals surface area contributed by atoms with Gasteiger partial charge < -0.3 is 19.1 Å². The molecule has 2 atom stereocenters. The van der Waals surface area contributed by atoms with Crippen LogP contribution in [0.25, 0.3) is 11.4 Å². The number of nitrogens with zero attached hydrogens (tertiary/aromatic N) is 5. The quantitative estimate of drug-likeness (QED) is 0.666. The fraction of sp³-hybridized carbons (Fsp3) is 0.389. The summed E-state index contributed by atoms with van der Waals surface area (Å²) < 4.78 is 16.0. The molecule has 0 aliphatic heterocycles. The maximum absolute atomic E-state index is 9.09. The van der Waals surface area contributed by atoms with Crippen molar-refractivity contribution in [2.45, 2.75) is 25.9 Å². The Morgan fingerprint density at radius 2 is 2.11 bits per heavy atom. The summed E-state index contributed by atoms with van der Waals surface area (Å²) in [6, 6.07) is 3.90. The molecule has 1 N–H and O–H groups in total. The molecule has 0 amide bonds. The normalized spacial score (nSPS) is 18.3. The number of aliphatic hydroxyl groups is 1. The van der Waals surface area contributed by atoms with Crippen molar-refractivity contribution >= 4 is 0 Å². The minimum Gasteiger partial charge on any atom is -0.495 e. The van der Waals surface area contributed by atoms with Crippen LogP contribution in [-0.2, 0) is 6.61 Å². The Balaban J connectivity index is 1.44. The molecule has 4 rings (SSSR count). The molecular weight excluding hydrogens is 350 g/mol. The molecule has 1 fully saturated rings. The molecule has 0 spiro atoms. The Labute approximate surface area is 155 Å². The van der Waals surface area contributed by atoms with Crippen LogP contribution in [0.5, 0.6) is 11.6 Å². The molecule has 2 unspecified atom stereocenters. The van der Waals surface area contributed by atoms with Crippen LogP contribution in [-0.4, -0.2) is 43.9 Å². The van der Waals surface area contributed by atoms with E-state index in [2.05, 4.69) is 25.1 Å². The van der Waals surface area contributed by atoms with Gasteiger partial charge in [0.2, 0.25) is 11.7 Å². The summed E-state index contributed by atoms with van der Waals surface area (Å²) in [6.07, 6.45) is 4.33. The van der Waals surface area contributed by atoms with E-state index in [1.165, 1.54) is 0 Å². The Morgan fingerprint density at radius 3 is 2.81 bits per heavy atom. The lowest BCUT2D eigenvalue weighted by atomic mass is 10.2. The number of pyridine rings is 1. The first-order valence-corrected chi connectivity index (χ1v) is 8.58. The van der Waals surface area contributed by atoms with Gasteiger partial charge in [-0.15, -0.1) is 0 Å². The molecule has 3 aromatic rings. The standard InChI is InChI=1S/C18H19N5O4/c1-10-19-7-14(17-22-16(8-24)27-23-17)18(21-10)26-9-11-5-13(11)15-4-3-12(25-2)6-20-15/h3-4,6-7,11,13,24H,5,8-9H2,1-2H3. The van der Waals surface area contributed by atoms with Crippen LogP contribution in [0.4, 0.5) is 0 Å². The number of aromatic nitrogens is 5. The third kappa shape index (κ3) is 3.72. The molecule has 0 saturated heterocycles. The number of ether oxygens (including phenoxy) is 2. The van der Waals surface area contributed by atoms with Crippen molar-refractivity contribution in [2.75, 3.05) is 13.7 Å². The minimum absolute atomic E-state index is 0.129. The highest BCUT2D eigenvalue weighted by Gasteiger charge is 2.40. The van der Waals surface area contributed by atoms with Gasteiger partial charge in [0.1, 0.15) is 23.7 Å². The summed E-state index contributed by atoms with van der Waals surface area (Å²) in [7, 11) is 1.62. The fourth-order valence-electron chi connectivity index (χ4n) is 2.85. The van der Waals surface area contributed by atoms with E-state index in [0.717, 1.165) is 17.9 Å². The van der Waals surface area contributed by atoms with Crippen LogP contribution in [0.15, 0.2) is 29.0 Å². The number of aliphatic hydroxyl groups excluding tert-OH is 1. The highest BCUT2D eigenvalue weighted by atomic mass is 16.5. The van der Waals surface area contributed by atoms with Gasteiger partial charge in [-0.2, -0.15) is 9.97 Å². The Hall–Kier alpha value is -3.07. The van der Waals surface area contributed by atoms with E-state index < -0.39 is 0 Å². The second-order valence-electron chi connectivity index (χ2n) is 6.34. The second-order valence-corrected chi connectivity index (χ2v) is 6.34. The van der Waals surface area contributed by atoms with Crippen LogP contribution in [0.1, 0.15) is 29.7 Å². The zero-order valence-electron chi connectivity index (χ0n) is 15.0. The van der Waals surface area contributed by atoms with Gasteiger partial charge in [-0.3, -0.25) is 4.98 Å². The van der Waals surface area contributed by atoms with Gasteiger partial charge in [0, 0.05) is 23.7 Å². The van der Waals surface area contributed by atoms with Crippen molar-refractivity contribution in [3.8, 4) is 23.0 Å². The van der Waals surface area contributed by atoms with Crippen molar-refractivity contribution in [1.82, 2.24) is 25.1 Å². The third-order valence-corrected chi connectivity index (χ3v) is 4.45. The zero-order valence-corrected chi connectivity index (χ0v) is 15.0. The lowest BCUT2D eigenvalue weighted by Crippen LogP contribution is -2.06. The highest BCUT2D eigenvalue weighted by molar-refractivity contribution is 5.59. The third-order valence-electron chi connectivity index (χ3n) is 4.45. The highest BCUT2D eigenvalue weighted by Crippen LogP contribution is 2.47. The summed E-state index contributed by atoms with van der Waals surface area (Å²) in [6.45, 7) is 1.97. The fourth-order valence-corrected chi connectivity index (χ4v) is 2.85. The van der Waals surface area contributed by atoms with Gasteiger partial charge in [-0.05, 0) is 25.5 Å². The van der Waals surface area contributed by atoms with E-state index in [4.69, 9.17) is 19.1 Å². The van der Waals surface area contributed by atoms with Gasteiger partial charge in [0.25, 0.3) is 5.89 Å². The summed E-state index contributed by atoms with van der Waals surface area (Å²) in [4.78, 5) is 17.1. The van der Waals surface area contributed by atoms with E-state index in [9.17, 15) is 0 Å². The lowest BCUT2D eigenvalue weighted by Gasteiger charge is -2.08. The average molecular weight is 369 g/mol. The molecule has 3 heterocycles. The molecule has 0 radical (unpaired) electrons. The van der Waals surface area contributed by atoms with Gasteiger partial charge in [0.05, 0.1) is 19.9 Å². The second kappa shape index (κ2) is 7.28. The number of hydrogen-bond donors (Lipinski definition) is 1. The maximum Gasteiger partial charge on any atom is 0.252 e.